The van der Waals surface area contributed by atoms with Gasteiger partial charge in [0.25, 0.3) is 11.1 Å². The van der Waals surface area contributed by atoms with Crippen LogP contribution in [-0.4, -0.2) is 32.3 Å². The molecule has 10 heterocycles. The number of hydrogen-bond donors (Lipinski definition) is 0. The van der Waals surface area contributed by atoms with E-state index in [1.54, 1.807) is 45.3 Å². The minimum atomic E-state index is 0.0619. The Morgan fingerprint density at radius 2 is 0.670 bits per heavy atom. The van der Waals surface area contributed by atoms with Gasteiger partial charge in [0.1, 0.15) is 22.7 Å². The van der Waals surface area contributed by atoms with Gasteiger partial charge in [-0.2, -0.15) is 0 Å². The fourth-order valence-electron chi connectivity index (χ4n) is 14.9. The predicted molar refractivity (Wildman–Crippen MR) is 487 cm³/mol. The molecule has 15 heteroatoms. The number of aryl methyl sites for hydroxylation is 3. The van der Waals surface area contributed by atoms with Crippen LogP contribution < -0.4 is 20.6 Å². The molecule has 112 heavy (non-hydrogen) atoms. The second kappa shape index (κ2) is 49.8. The van der Waals surface area contributed by atoms with Crippen LogP contribution in [0.25, 0.3) is 95.9 Å². The molecule has 0 aliphatic heterocycles. The third-order valence-electron chi connectivity index (χ3n) is 21.5. The van der Waals surface area contributed by atoms with Gasteiger partial charge in [-0.15, -0.1) is 45.3 Å². The van der Waals surface area contributed by atoms with Crippen LogP contribution in [0.1, 0.15) is 289 Å². The topological polar surface area (TPSA) is 115 Å². The summed E-state index contributed by atoms with van der Waals surface area (Å²) < 4.78 is 29.1. The van der Waals surface area contributed by atoms with E-state index in [2.05, 4.69) is 111 Å². The number of furan rings is 2. The number of rotatable bonds is 51. The first-order chi connectivity index (χ1) is 55.1. The van der Waals surface area contributed by atoms with E-state index in [4.69, 9.17) is 28.3 Å². The van der Waals surface area contributed by atoms with Gasteiger partial charge in [-0.25, -0.2) is 9.97 Å². The lowest BCUT2D eigenvalue weighted by atomic mass is 10.1. The molecule has 10 aromatic heterocycles. The summed E-state index contributed by atoms with van der Waals surface area (Å²) in [6.07, 6.45) is 51.6. The van der Waals surface area contributed by atoms with Crippen LogP contribution in [0.2, 0.25) is 0 Å². The highest BCUT2D eigenvalue weighted by molar-refractivity contribution is 9.11. The molecule has 0 aliphatic carbocycles. The largest absolute Gasteiger partial charge is 0.478 e. The smallest absolute Gasteiger partial charge is 0.259 e. The number of fused-ring (bicyclic) bond motifs is 4. The Hall–Kier alpha value is -6.88. The van der Waals surface area contributed by atoms with E-state index in [9.17, 15) is 9.59 Å². The molecule has 2 aromatic carbocycles. The van der Waals surface area contributed by atoms with Gasteiger partial charge in [0.15, 0.2) is 0 Å². The van der Waals surface area contributed by atoms with Gasteiger partial charge in [0, 0.05) is 60.4 Å². The van der Waals surface area contributed by atoms with E-state index < -0.39 is 0 Å². The van der Waals surface area contributed by atoms with Crippen molar-refractivity contribution in [1.29, 1.82) is 0 Å². The van der Waals surface area contributed by atoms with Crippen molar-refractivity contribution in [1.82, 2.24) is 19.1 Å². The van der Waals surface area contributed by atoms with Gasteiger partial charge in [-0.05, 0) is 146 Å². The van der Waals surface area contributed by atoms with Crippen LogP contribution in [0.5, 0.6) is 11.8 Å². The zero-order chi connectivity index (χ0) is 78.2. The van der Waals surface area contributed by atoms with Crippen molar-refractivity contribution in [3.63, 3.8) is 0 Å². The highest BCUT2D eigenvalue weighted by Crippen LogP contribution is 2.42. The quantitative estimate of drug-likeness (QED) is 0.0346. The summed E-state index contributed by atoms with van der Waals surface area (Å²) in [6.45, 7) is 14.0. The lowest BCUT2D eigenvalue weighted by Gasteiger charge is -2.13. The summed E-state index contributed by atoms with van der Waals surface area (Å²) in [6, 6.07) is 49.1. The third-order valence-corrected chi connectivity index (χ3v) is 26.5. The summed E-state index contributed by atoms with van der Waals surface area (Å²) in [7, 11) is 0. The fraction of sp³-hybridized carbons (Fsp3) is 0.505. The lowest BCUT2D eigenvalue weighted by molar-refractivity contribution is 0.294. The van der Waals surface area contributed by atoms with E-state index in [1.807, 2.05) is 94.1 Å². The number of unbranched alkanes of at least 4 members (excludes halogenated alkanes) is 36. The number of aromatic nitrogens is 4. The molecule has 0 aliphatic rings. The van der Waals surface area contributed by atoms with Gasteiger partial charge in [-0.1, -0.05) is 295 Å². The zero-order valence-corrected chi connectivity index (χ0v) is 73.1. The van der Waals surface area contributed by atoms with Gasteiger partial charge >= 0.3 is 0 Å². The van der Waals surface area contributed by atoms with Crippen molar-refractivity contribution in [3.05, 3.63) is 175 Å². The van der Waals surface area contributed by atoms with E-state index >= 15 is 0 Å². The number of hydrogen-bond acceptors (Lipinski definition) is 12. The van der Waals surface area contributed by atoms with Crippen LogP contribution in [-0.2, 0) is 13.1 Å². The minimum Gasteiger partial charge on any atom is -0.478 e. The Morgan fingerprint density at radius 3 is 1.04 bits per heavy atom. The van der Waals surface area contributed by atoms with E-state index in [0.717, 1.165) is 124 Å². The normalized spacial score (nSPS) is 11.5. The maximum Gasteiger partial charge on any atom is 0.259 e. The molecule has 0 fully saturated rings. The molecule has 0 amide bonds. The number of pyridine rings is 4. The van der Waals surface area contributed by atoms with Crippen LogP contribution in [0, 0.1) is 6.92 Å². The highest BCUT2D eigenvalue weighted by Gasteiger charge is 2.19. The van der Waals surface area contributed by atoms with Crippen molar-refractivity contribution in [2.24, 2.45) is 0 Å². The first kappa shape index (κ1) is 87.5. The number of halogens is 1. The molecule has 0 atom stereocenters. The Bertz CT molecular complexity index is 4710. The van der Waals surface area contributed by atoms with Gasteiger partial charge in [0.2, 0.25) is 11.8 Å². The molecular weight excluding hydrogens is 1530 g/mol. The van der Waals surface area contributed by atoms with Crippen molar-refractivity contribution in [3.8, 4) is 63.7 Å². The predicted octanol–water partition coefficient (Wildman–Crippen LogP) is 32.1. The molecule has 0 saturated carbocycles. The molecule has 0 N–H and O–H groups in total. The van der Waals surface area contributed by atoms with Crippen molar-refractivity contribution in [2.45, 2.75) is 305 Å². The standard InChI is InChI=1S/C48H62N2O3S2.C36H55BrN2O2S.C13H10OS/c1-3-5-7-9-11-13-15-17-19-23-33-50-40-27-32-47(52-34-24-20-18-16-14-12-10-8-6-4-2)49-39(40)36-38(48(50)51)43-28-30-45(54-43)46-31-29-44(55-46)42-35-37-25-21-22-26-41(37)53-42;1-3-5-7-9-11-13-15-17-19-21-27-39-32-23-26-35(41-28-22-20-18-16-14-12-10-8-6-4-2)38-31(32)29-30(36(39)40)33-24-25-34(37)42-33;1-9-6-7-13(15-9)12-8-10-4-2-3-5-11(10)14-12/h21-22,25-32,35-36H,3-20,23-24,33-34H2,1-2H3;23-26,29H,3-22,27-28H2,1-2H3;2-8H,1H3. The molecular formula is C97H127BrN4O6S4. The van der Waals surface area contributed by atoms with E-state index in [1.165, 1.54) is 238 Å². The third kappa shape index (κ3) is 28.2. The van der Waals surface area contributed by atoms with Crippen LogP contribution in [0.3, 0.4) is 0 Å². The summed E-state index contributed by atoms with van der Waals surface area (Å²) in [5, 5.41) is 2.27. The van der Waals surface area contributed by atoms with Crippen LogP contribution >= 0.6 is 61.3 Å². The molecule has 0 radical (unpaired) electrons. The minimum absolute atomic E-state index is 0.0619. The summed E-state index contributed by atoms with van der Waals surface area (Å²) in [5.74, 6) is 3.15. The Balaban J connectivity index is 0.000000204. The maximum absolute atomic E-state index is 14.3. The van der Waals surface area contributed by atoms with Gasteiger partial charge in [0.05, 0.1) is 59.9 Å². The zero-order valence-electron chi connectivity index (χ0n) is 68.2. The van der Waals surface area contributed by atoms with Crippen molar-refractivity contribution in [2.75, 3.05) is 13.2 Å². The number of benzene rings is 2. The summed E-state index contributed by atoms with van der Waals surface area (Å²) >= 11 is 10.3. The fourth-order valence-corrected chi connectivity index (χ4v) is 19.2. The number of ether oxygens (including phenoxy) is 2. The second-order valence-corrected chi connectivity index (χ2v) is 36.6. The number of thiophene rings is 4. The molecule has 0 spiro atoms. The average molecular weight is 1650 g/mol. The first-order valence-corrected chi connectivity index (χ1v) is 47.5. The number of nitrogens with zero attached hydrogens (tertiary/aromatic N) is 4. The lowest BCUT2D eigenvalue weighted by Crippen LogP contribution is -2.22. The molecule has 12 rings (SSSR count). The monoisotopic (exact) mass is 1650 g/mol. The second-order valence-electron chi connectivity index (χ2n) is 30.7. The van der Waals surface area contributed by atoms with Gasteiger partial charge < -0.3 is 27.4 Å². The molecule has 0 unspecified atom stereocenters. The molecule has 12 aromatic rings. The van der Waals surface area contributed by atoms with Crippen LogP contribution in [0.15, 0.2) is 168 Å². The molecule has 10 nitrogen and oxygen atoms in total. The average Bonchev–Trinajstić information content (AvgIpc) is 1.15. The molecule has 0 saturated heterocycles. The van der Waals surface area contributed by atoms with Gasteiger partial charge in [-0.3, -0.25) is 9.59 Å². The van der Waals surface area contributed by atoms with E-state index in [-0.39, 0.29) is 11.1 Å². The Labute approximate surface area is 693 Å². The number of para-hydroxylation sites is 2. The van der Waals surface area contributed by atoms with Crippen molar-refractivity contribution >= 4 is 105 Å². The van der Waals surface area contributed by atoms with E-state index in [0.29, 0.717) is 37.1 Å². The maximum atomic E-state index is 14.3. The Morgan fingerprint density at radius 1 is 0.339 bits per heavy atom. The molecule has 602 valence electrons. The highest BCUT2D eigenvalue weighted by atomic mass is 79.9. The summed E-state index contributed by atoms with van der Waals surface area (Å²) in [5.41, 5.74) is 6.88. The SMILES string of the molecule is CCCCCCCCCCCCOc1ccc2c(cc(-c3ccc(-c4ccc(-c5cc6ccccc6o5)s4)s3)c(=O)n2CCCCCCCCCCCC)n1.CCCCCCCCCCCCOc1ccc2c(cc(-c3ccc(Br)s3)c(=O)n2CCCCCCCCCCCC)n1.Cc1ccc(-c2cc3ccccc3o2)s1. The summed E-state index contributed by atoms with van der Waals surface area (Å²) in [4.78, 5) is 45.6. The van der Waals surface area contributed by atoms with Crippen LogP contribution in [0.4, 0.5) is 0 Å². The van der Waals surface area contributed by atoms with Crippen molar-refractivity contribution < 1.29 is 18.3 Å². The first-order valence-electron chi connectivity index (χ1n) is 43.5. The molecule has 0 bridgehead atoms. The Kier molecular flexibility index (Phi) is 38.9.